The molecule has 0 heterocycles. The molecule has 0 radical (unpaired) electrons. The molecule has 94 valence electrons. The fraction of sp³-hybridized carbons (Fsp3) is 0.727. The Kier molecular flexibility index (Phi) is 6.86. The summed E-state index contributed by atoms with van der Waals surface area (Å²) in [5.74, 6) is -0.342. The minimum absolute atomic E-state index is 0.0466. The van der Waals surface area contributed by atoms with Crippen molar-refractivity contribution in [1.82, 2.24) is 0 Å². The molecule has 0 saturated carbocycles. The van der Waals surface area contributed by atoms with Crippen LogP contribution in [0.1, 0.15) is 13.3 Å². The van der Waals surface area contributed by atoms with E-state index in [4.69, 9.17) is 8.85 Å². The third-order valence-electron chi connectivity index (χ3n) is 2.19. The van der Waals surface area contributed by atoms with E-state index in [1.54, 1.807) is 0 Å². The maximum absolute atomic E-state index is 11.0. The molecular formula is C11H24O3Si2. The highest BCUT2D eigenvalue weighted by Gasteiger charge is 2.24. The van der Waals surface area contributed by atoms with Gasteiger partial charge in [-0.05, 0) is 45.6 Å². The second kappa shape index (κ2) is 7.03. The van der Waals surface area contributed by atoms with E-state index in [9.17, 15) is 4.79 Å². The minimum atomic E-state index is -1.55. The maximum Gasteiger partial charge on any atom is 0.330 e. The van der Waals surface area contributed by atoms with Gasteiger partial charge in [-0.2, -0.15) is 0 Å². The smallest absolute Gasteiger partial charge is 0.330 e. The van der Waals surface area contributed by atoms with Gasteiger partial charge in [-0.25, -0.2) is 4.79 Å². The van der Waals surface area contributed by atoms with Crippen LogP contribution in [0, 0.1) is 0 Å². The molecule has 0 N–H and O–H groups in total. The lowest BCUT2D eigenvalue weighted by Crippen LogP contribution is -2.36. The Bertz CT molecular complexity index is 239. The summed E-state index contributed by atoms with van der Waals surface area (Å²) in [5.41, 5.74) is 0. The van der Waals surface area contributed by atoms with E-state index in [0.717, 1.165) is 12.5 Å². The van der Waals surface area contributed by atoms with Crippen LogP contribution in [0.5, 0.6) is 0 Å². The molecule has 0 aliphatic heterocycles. The number of hydrogen-bond donors (Lipinski definition) is 0. The van der Waals surface area contributed by atoms with E-state index >= 15 is 0 Å². The Balaban J connectivity index is 3.94. The molecule has 0 aliphatic carbocycles. The number of carbonyl (C=O) groups excluding carboxylic acids is 1. The average Bonchev–Trinajstić information content (AvgIpc) is 2.13. The van der Waals surface area contributed by atoms with Crippen LogP contribution in [0.3, 0.4) is 0 Å². The van der Waals surface area contributed by atoms with Crippen molar-refractivity contribution in [2.75, 3.05) is 0 Å². The van der Waals surface area contributed by atoms with Gasteiger partial charge in [0.25, 0.3) is 0 Å². The Morgan fingerprint density at radius 2 is 2.06 bits per heavy atom. The van der Waals surface area contributed by atoms with Crippen molar-refractivity contribution in [3.05, 3.63) is 12.7 Å². The molecule has 1 unspecified atom stereocenters. The summed E-state index contributed by atoms with van der Waals surface area (Å²) in [5, 5.41) is 0. The summed E-state index contributed by atoms with van der Waals surface area (Å²) >= 11 is 0. The van der Waals surface area contributed by atoms with Gasteiger partial charge in [-0.1, -0.05) is 6.58 Å². The molecule has 3 nitrogen and oxygen atoms in total. The maximum atomic E-state index is 11.0. The van der Waals surface area contributed by atoms with Crippen LogP contribution in [0.15, 0.2) is 12.7 Å². The van der Waals surface area contributed by atoms with Gasteiger partial charge in [-0.3, -0.25) is 0 Å². The Labute approximate surface area is 102 Å². The minimum Gasteiger partial charge on any atom is -0.460 e. The third kappa shape index (κ3) is 7.84. The molecule has 1 atom stereocenters. The number of carbonyl (C=O) groups is 1. The number of hydrogen-bond acceptors (Lipinski definition) is 3. The Morgan fingerprint density at radius 1 is 1.50 bits per heavy atom. The summed E-state index contributed by atoms with van der Waals surface area (Å²) in [6.07, 6.45) is 2.03. The van der Waals surface area contributed by atoms with E-state index in [1.165, 1.54) is 6.08 Å². The van der Waals surface area contributed by atoms with E-state index < -0.39 is 17.4 Å². The molecule has 0 aromatic rings. The van der Waals surface area contributed by atoms with Crippen molar-refractivity contribution in [3.63, 3.8) is 0 Å². The molecule has 5 heteroatoms. The molecular weight excluding hydrogens is 236 g/mol. The van der Waals surface area contributed by atoms with Crippen molar-refractivity contribution in [3.8, 4) is 0 Å². The lowest BCUT2D eigenvalue weighted by atomic mass is 10.3. The molecule has 16 heavy (non-hydrogen) atoms. The molecule has 0 saturated heterocycles. The van der Waals surface area contributed by atoms with E-state index in [0.29, 0.717) is 0 Å². The van der Waals surface area contributed by atoms with Crippen LogP contribution >= 0.6 is 0 Å². The van der Waals surface area contributed by atoms with Crippen molar-refractivity contribution in [2.24, 2.45) is 0 Å². The topological polar surface area (TPSA) is 35.5 Å². The second-order valence-corrected chi connectivity index (χ2v) is 12.0. The summed E-state index contributed by atoms with van der Waals surface area (Å²) in [7, 11) is -2.50. The quantitative estimate of drug-likeness (QED) is 0.401. The lowest BCUT2D eigenvalue weighted by molar-refractivity contribution is -0.142. The first-order valence-corrected chi connectivity index (χ1v) is 11.7. The first kappa shape index (κ1) is 15.6. The first-order chi connectivity index (χ1) is 7.26. The predicted molar refractivity (Wildman–Crippen MR) is 72.6 cm³/mol. The first-order valence-electron chi connectivity index (χ1n) is 5.77. The molecule has 0 aromatic carbocycles. The number of rotatable bonds is 7. The number of esters is 1. The largest absolute Gasteiger partial charge is 0.460 e. The highest BCUT2D eigenvalue weighted by Crippen LogP contribution is 2.17. The SMILES string of the molecule is C=CC(=O)OC(C)CC[Si](C)(C)O[SiH](C)C. The van der Waals surface area contributed by atoms with E-state index in [-0.39, 0.29) is 12.1 Å². The van der Waals surface area contributed by atoms with E-state index in [1.807, 2.05) is 6.92 Å². The van der Waals surface area contributed by atoms with Gasteiger partial charge in [0.15, 0.2) is 17.4 Å². The van der Waals surface area contributed by atoms with E-state index in [2.05, 4.69) is 32.8 Å². The molecule has 0 fully saturated rings. The molecule has 0 bridgehead atoms. The molecule has 0 rings (SSSR count). The highest BCUT2D eigenvalue weighted by atomic mass is 28.4. The Morgan fingerprint density at radius 3 is 2.50 bits per heavy atom. The van der Waals surface area contributed by atoms with Crippen molar-refractivity contribution in [1.29, 1.82) is 0 Å². The van der Waals surface area contributed by atoms with Gasteiger partial charge >= 0.3 is 5.97 Å². The summed E-state index contributed by atoms with van der Waals surface area (Å²) in [6, 6.07) is 1.03. The molecule has 0 aliphatic rings. The van der Waals surface area contributed by atoms with Crippen LogP contribution in [0.25, 0.3) is 0 Å². The summed E-state index contributed by atoms with van der Waals surface area (Å²) in [4.78, 5) is 11.0. The van der Waals surface area contributed by atoms with Crippen LogP contribution < -0.4 is 0 Å². The molecule has 0 aromatic heterocycles. The normalized spacial score (nSPS) is 13.6. The van der Waals surface area contributed by atoms with Gasteiger partial charge in [0, 0.05) is 6.08 Å². The van der Waals surface area contributed by atoms with Crippen LogP contribution in [0.2, 0.25) is 32.2 Å². The van der Waals surface area contributed by atoms with Crippen LogP contribution in [-0.2, 0) is 13.6 Å². The lowest BCUT2D eigenvalue weighted by Gasteiger charge is -2.26. The molecule has 0 amide bonds. The molecule has 0 spiro atoms. The van der Waals surface area contributed by atoms with Crippen LogP contribution in [0.4, 0.5) is 0 Å². The number of ether oxygens (including phenoxy) is 1. The zero-order valence-electron chi connectivity index (χ0n) is 11.1. The highest BCUT2D eigenvalue weighted by molar-refractivity contribution is 6.77. The van der Waals surface area contributed by atoms with Crippen LogP contribution in [-0.4, -0.2) is 29.4 Å². The zero-order valence-corrected chi connectivity index (χ0v) is 13.2. The third-order valence-corrected chi connectivity index (χ3v) is 8.12. The predicted octanol–water partition coefficient (Wildman–Crippen LogP) is 2.70. The second-order valence-electron chi connectivity index (χ2n) is 4.92. The van der Waals surface area contributed by atoms with Gasteiger partial charge in [-0.15, -0.1) is 0 Å². The fourth-order valence-electron chi connectivity index (χ4n) is 1.55. The standard InChI is InChI=1S/C11H24O3Si2/c1-7-11(12)13-10(2)8-9-16(5,6)14-15(3)4/h7,10,15H,1,8-9H2,2-6H3. The van der Waals surface area contributed by atoms with Crippen molar-refractivity contribution >= 4 is 23.3 Å². The van der Waals surface area contributed by atoms with Crippen molar-refractivity contribution in [2.45, 2.75) is 51.7 Å². The summed E-state index contributed by atoms with van der Waals surface area (Å²) < 4.78 is 11.2. The monoisotopic (exact) mass is 260 g/mol. The summed E-state index contributed by atoms with van der Waals surface area (Å²) in [6.45, 7) is 14.1. The van der Waals surface area contributed by atoms with Gasteiger partial charge in [0.2, 0.25) is 0 Å². The van der Waals surface area contributed by atoms with Crippen molar-refractivity contribution < 1.29 is 13.6 Å². The fourth-order valence-corrected chi connectivity index (χ4v) is 8.23. The van der Waals surface area contributed by atoms with Gasteiger partial charge < -0.3 is 8.85 Å². The van der Waals surface area contributed by atoms with Gasteiger partial charge in [0.1, 0.15) is 0 Å². The Hall–Kier alpha value is -0.396. The van der Waals surface area contributed by atoms with Gasteiger partial charge in [0.05, 0.1) is 6.10 Å². The average molecular weight is 260 g/mol. The zero-order chi connectivity index (χ0) is 12.8.